The third kappa shape index (κ3) is 3.46. The lowest BCUT2D eigenvalue weighted by atomic mass is 9.87. The molecule has 0 radical (unpaired) electrons. The average Bonchev–Trinajstić information content (AvgIpc) is 3.30. The highest BCUT2D eigenvalue weighted by molar-refractivity contribution is 5.65. The van der Waals surface area contributed by atoms with Crippen LogP contribution in [0.15, 0.2) is 24.3 Å². The van der Waals surface area contributed by atoms with Gasteiger partial charge in [-0.15, -0.1) is 0 Å². The first kappa shape index (κ1) is 14.2. The SMILES string of the molecule is O=C(O)N1CCC(c2ccc(OCC3CO3)cc2)C(O)C1. The molecule has 2 N–H and O–H groups in total. The van der Waals surface area contributed by atoms with Gasteiger partial charge in [-0.2, -0.15) is 0 Å². The van der Waals surface area contributed by atoms with Crippen LogP contribution in [0.5, 0.6) is 5.75 Å². The van der Waals surface area contributed by atoms with Gasteiger partial charge in [-0.25, -0.2) is 4.79 Å². The van der Waals surface area contributed by atoms with E-state index in [0.717, 1.165) is 17.9 Å². The Morgan fingerprint density at radius 2 is 2.10 bits per heavy atom. The zero-order valence-corrected chi connectivity index (χ0v) is 11.6. The van der Waals surface area contributed by atoms with E-state index in [1.165, 1.54) is 4.90 Å². The molecule has 21 heavy (non-hydrogen) atoms. The highest BCUT2D eigenvalue weighted by Gasteiger charge is 2.31. The van der Waals surface area contributed by atoms with Gasteiger partial charge in [-0.1, -0.05) is 12.1 Å². The number of amides is 1. The zero-order valence-electron chi connectivity index (χ0n) is 11.6. The summed E-state index contributed by atoms with van der Waals surface area (Å²) in [6.07, 6.45) is -0.782. The second-order valence-electron chi connectivity index (χ2n) is 5.53. The number of benzene rings is 1. The van der Waals surface area contributed by atoms with Crippen molar-refractivity contribution in [1.29, 1.82) is 0 Å². The molecule has 1 amide bonds. The van der Waals surface area contributed by atoms with Crippen molar-refractivity contribution in [3.05, 3.63) is 29.8 Å². The Morgan fingerprint density at radius 1 is 1.38 bits per heavy atom. The molecule has 114 valence electrons. The fourth-order valence-corrected chi connectivity index (χ4v) is 2.66. The van der Waals surface area contributed by atoms with Crippen molar-refractivity contribution in [1.82, 2.24) is 4.90 Å². The number of hydrogen-bond acceptors (Lipinski definition) is 4. The van der Waals surface area contributed by atoms with Crippen molar-refractivity contribution < 1.29 is 24.5 Å². The topological polar surface area (TPSA) is 82.5 Å². The van der Waals surface area contributed by atoms with Crippen LogP contribution in [-0.4, -0.2) is 59.7 Å². The van der Waals surface area contributed by atoms with Crippen LogP contribution in [0.4, 0.5) is 4.79 Å². The average molecular weight is 293 g/mol. The van der Waals surface area contributed by atoms with Crippen molar-refractivity contribution in [2.75, 3.05) is 26.3 Å². The van der Waals surface area contributed by atoms with Crippen LogP contribution in [0.25, 0.3) is 0 Å². The van der Waals surface area contributed by atoms with E-state index >= 15 is 0 Å². The van der Waals surface area contributed by atoms with Gasteiger partial charge in [0.25, 0.3) is 0 Å². The summed E-state index contributed by atoms with van der Waals surface area (Å²) in [5, 5.41) is 19.1. The lowest BCUT2D eigenvalue weighted by Crippen LogP contribution is -2.45. The number of aliphatic hydroxyl groups is 1. The van der Waals surface area contributed by atoms with Gasteiger partial charge in [0.05, 0.1) is 19.3 Å². The van der Waals surface area contributed by atoms with Crippen molar-refractivity contribution in [2.45, 2.75) is 24.5 Å². The fraction of sp³-hybridized carbons (Fsp3) is 0.533. The molecule has 3 rings (SSSR count). The van der Waals surface area contributed by atoms with Crippen molar-refractivity contribution in [3.8, 4) is 5.75 Å². The number of carboxylic acid groups (broad SMARTS) is 1. The predicted octanol–water partition coefficient (Wildman–Crippen LogP) is 1.29. The first-order valence-corrected chi connectivity index (χ1v) is 7.14. The molecule has 3 atom stereocenters. The van der Waals surface area contributed by atoms with Gasteiger partial charge < -0.3 is 24.6 Å². The molecule has 1 aromatic carbocycles. The maximum absolute atomic E-state index is 10.9. The zero-order chi connectivity index (χ0) is 14.8. The first-order valence-electron chi connectivity index (χ1n) is 7.14. The van der Waals surface area contributed by atoms with Gasteiger partial charge in [-0.3, -0.25) is 0 Å². The number of likely N-dealkylation sites (tertiary alicyclic amines) is 1. The molecule has 1 aromatic rings. The molecule has 2 fully saturated rings. The molecule has 2 aliphatic heterocycles. The summed E-state index contributed by atoms with van der Waals surface area (Å²) in [6.45, 7) is 1.96. The van der Waals surface area contributed by atoms with Gasteiger partial charge >= 0.3 is 6.09 Å². The van der Waals surface area contributed by atoms with Crippen molar-refractivity contribution >= 4 is 6.09 Å². The second-order valence-corrected chi connectivity index (χ2v) is 5.53. The maximum Gasteiger partial charge on any atom is 0.407 e. The Hall–Kier alpha value is -1.79. The number of hydrogen-bond donors (Lipinski definition) is 2. The van der Waals surface area contributed by atoms with Crippen LogP contribution in [0.3, 0.4) is 0 Å². The molecular formula is C15H19NO5. The van der Waals surface area contributed by atoms with Gasteiger partial charge in [-0.05, 0) is 24.1 Å². The third-order valence-electron chi connectivity index (χ3n) is 4.00. The van der Waals surface area contributed by atoms with E-state index in [1.807, 2.05) is 24.3 Å². The highest BCUT2D eigenvalue weighted by Crippen LogP contribution is 2.29. The molecule has 3 unspecified atom stereocenters. The molecule has 2 aliphatic rings. The number of piperidine rings is 1. The van der Waals surface area contributed by atoms with Gasteiger partial charge in [0.1, 0.15) is 18.5 Å². The van der Waals surface area contributed by atoms with E-state index in [-0.39, 0.29) is 18.6 Å². The van der Waals surface area contributed by atoms with E-state index in [2.05, 4.69) is 0 Å². The lowest BCUT2D eigenvalue weighted by Gasteiger charge is -2.34. The molecule has 2 saturated heterocycles. The summed E-state index contributed by atoms with van der Waals surface area (Å²) in [6, 6.07) is 7.64. The Kier molecular flexibility index (Phi) is 3.98. The molecule has 0 saturated carbocycles. The van der Waals surface area contributed by atoms with Crippen LogP contribution in [0, 0.1) is 0 Å². The standard InChI is InChI=1S/C15H19NO5/c17-14-7-16(15(18)19)6-5-13(14)10-1-3-11(4-2-10)20-8-12-9-21-12/h1-4,12-14,17H,5-9H2,(H,18,19). The summed E-state index contributed by atoms with van der Waals surface area (Å²) in [7, 11) is 0. The quantitative estimate of drug-likeness (QED) is 0.817. The van der Waals surface area contributed by atoms with E-state index < -0.39 is 12.2 Å². The van der Waals surface area contributed by atoms with E-state index in [0.29, 0.717) is 19.6 Å². The number of epoxide rings is 1. The predicted molar refractivity (Wildman–Crippen MR) is 74.6 cm³/mol. The van der Waals surface area contributed by atoms with E-state index in [4.69, 9.17) is 14.6 Å². The monoisotopic (exact) mass is 293 g/mol. The third-order valence-corrected chi connectivity index (χ3v) is 4.00. The van der Waals surface area contributed by atoms with Crippen LogP contribution in [0.1, 0.15) is 17.9 Å². The van der Waals surface area contributed by atoms with Gasteiger partial charge in [0, 0.05) is 12.5 Å². The van der Waals surface area contributed by atoms with E-state index in [9.17, 15) is 9.90 Å². The maximum atomic E-state index is 10.9. The van der Waals surface area contributed by atoms with Crippen LogP contribution in [0.2, 0.25) is 0 Å². The summed E-state index contributed by atoms with van der Waals surface area (Å²) in [5.41, 5.74) is 1.02. The smallest absolute Gasteiger partial charge is 0.407 e. The number of carbonyl (C=O) groups is 1. The molecule has 6 nitrogen and oxygen atoms in total. The number of nitrogens with zero attached hydrogens (tertiary/aromatic N) is 1. The van der Waals surface area contributed by atoms with Crippen LogP contribution < -0.4 is 4.74 Å². The number of ether oxygens (including phenoxy) is 2. The number of aliphatic hydroxyl groups excluding tert-OH is 1. The molecule has 2 heterocycles. The summed E-state index contributed by atoms with van der Waals surface area (Å²) in [4.78, 5) is 12.2. The van der Waals surface area contributed by atoms with Crippen LogP contribution >= 0.6 is 0 Å². The molecule has 0 spiro atoms. The molecule has 0 aromatic heterocycles. The number of rotatable bonds is 4. The molecule has 0 aliphatic carbocycles. The minimum absolute atomic E-state index is 0.0265. The molecule has 0 bridgehead atoms. The fourth-order valence-electron chi connectivity index (χ4n) is 2.66. The van der Waals surface area contributed by atoms with Crippen molar-refractivity contribution in [3.63, 3.8) is 0 Å². The Labute approximate surface area is 122 Å². The Morgan fingerprint density at radius 3 is 2.67 bits per heavy atom. The highest BCUT2D eigenvalue weighted by atomic mass is 16.6. The Balaban J connectivity index is 1.59. The van der Waals surface area contributed by atoms with Gasteiger partial charge in [0.15, 0.2) is 0 Å². The summed E-state index contributed by atoms with van der Waals surface area (Å²) >= 11 is 0. The van der Waals surface area contributed by atoms with Crippen molar-refractivity contribution in [2.24, 2.45) is 0 Å². The first-order chi connectivity index (χ1) is 10.1. The molecule has 6 heteroatoms. The minimum Gasteiger partial charge on any atom is -0.491 e. The largest absolute Gasteiger partial charge is 0.491 e. The second kappa shape index (κ2) is 5.91. The Bertz CT molecular complexity index is 499. The summed E-state index contributed by atoms with van der Waals surface area (Å²) < 4.78 is 10.7. The lowest BCUT2D eigenvalue weighted by molar-refractivity contribution is 0.0504. The minimum atomic E-state index is -0.974. The van der Waals surface area contributed by atoms with E-state index in [1.54, 1.807) is 0 Å². The number of β-amino-alcohol motifs (C(OH)–C–C–N with tert-alkyl or cyclic N) is 1. The van der Waals surface area contributed by atoms with Crippen LogP contribution in [-0.2, 0) is 4.74 Å². The van der Waals surface area contributed by atoms with Gasteiger partial charge in [0.2, 0.25) is 0 Å². The summed E-state index contributed by atoms with van der Waals surface area (Å²) in [5.74, 6) is 0.758. The normalized spacial score (nSPS) is 28.2. The molecular weight excluding hydrogens is 274 g/mol.